The summed E-state index contributed by atoms with van der Waals surface area (Å²) < 4.78 is 1.01. The third-order valence-corrected chi connectivity index (χ3v) is 4.91. The van der Waals surface area contributed by atoms with E-state index in [-0.39, 0.29) is 0 Å². The van der Waals surface area contributed by atoms with Crippen LogP contribution in [-0.4, -0.2) is 16.1 Å². The zero-order valence-electron chi connectivity index (χ0n) is 9.24. The summed E-state index contributed by atoms with van der Waals surface area (Å²) in [7, 11) is 0. The van der Waals surface area contributed by atoms with E-state index in [1.54, 1.807) is 0 Å². The zero-order valence-corrected chi connectivity index (χ0v) is 10.9. The maximum atomic E-state index is 5.35. The molecule has 1 nitrogen and oxygen atoms in total. The minimum absolute atomic E-state index is 0.752. The highest BCUT2D eigenvalue weighted by atomic mass is 32.2. The van der Waals surface area contributed by atoms with Gasteiger partial charge in [0, 0.05) is 11.8 Å². The average molecular weight is 241 g/mol. The second-order valence-electron chi connectivity index (χ2n) is 4.50. The Hall–Kier alpha value is -0.0200. The summed E-state index contributed by atoms with van der Waals surface area (Å²) in [6.07, 6.45) is 9.93. The van der Waals surface area contributed by atoms with E-state index in [0.29, 0.717) is 0 Å². The number of rotatable bonds is 4. The fraction of sp³-hybridized carbons (Fsp3) is 0.750. The summed E-state index contributed by atoms with van der Waals surface area (Å²) in [6.45, 7) is 3.25. The van der Waals surface area contributed by atoms with Crippen molar-refractivity contribution in [3.8, 4) is 0 Å². The van der Waals surface area contributed by atoms with Crippen molar-refractivity contribution in [2.45, 2.75) is 37.9 Å². The fourth-order valence-electron chi connectivity index (χ4n) is 2.41. The Kier molecular flexibility index (Phi) is 4.09. The van der Waals surface area contributed by atoms with Gasteiger partial charge in [0.1, 0.15) is 4.32 Å². The van der Waals surface area contributed by atoms with Crippen LogP contribution in [0.4, 0.5) is 0 Å². The molecule has 1 fully saturated rings. The van der Waals surface area contributed by atoms with Gasteiger partial charge in [-0.2, -0.15) is 0 Å². The Morgan fingerprint density at radius 1 is 1.47 bits per heavy atom. The summed E-state index contributed by atoms with van der Waals surface area (Å²) in [5, 5.41) is 4.09. The molecule has 0 spiro atoms. The Morgan fingerprint density at radius 2 is 2.33 bits per heavy atom. The summed E-state index contributed by atoms with van der Waals surface area (Å²) in [4.78, 5) is 0. The van der Waals surface area contributed by atoms with Gasteiger partial charge in [0.2, 0.25) is 0 Å². The van der Waals surface area contributed by atoms with Crippen molar-refractivity contribution in [3.05, 3.63) is 12.2 Å². The minimum atomic E-state index is 0.752. The topological polar surface area (TPSA) is 12.0 Å². The Bertz CT molecular complexity index is 262. The van der Waals surface area contributed by atoms with Gasteiger partial charge in [-0.3, -0.25) is 0 Å². The van der Waals surface area contributed by atoms with Crippen LogP contribution in [0.1, 0.15) is 32.6 Å². The lowest BCUT2D eigenvalue weighted by Crippen LogP contribution is -2.23. The number of nitrogens with one attached hydrogen (secondary N) is 1. The molecule has 0 heterocycles. The van der Waals surface area contributed by atoms with E-state index in [1.807, 2.05) is 11.8 Å². The molecule has 3 heteroatoms. The number of unbranched alkanes of at least 4 members (excludes halogenated alkanes) is 1. The molecule has 0 aromatic carbocycles. The second-order valence-corrected chi connectivity index (χ2v) is 6.42. The highest BCUT2D eigenvalue weighted by Crippen LogP contribution is 2.45. The lowest BCUT2D eigenvalue weighted by atomic mass is 10.1. The minimum Gasteiger partial charge on any atom is -0.371 e. The first-order valence-corrected chi connectivity index (χ1v) is 7.21. The van der Waals surface area contributed by atoms with Crippen LogP contribution >= 0.6 is 24.0 Å². The van der Waals surface area contributed by atoms with Gasteiger partial charge in [0.05, 0.1) is 0 Å². The molecule has 0 amide bonds. The first-order valence-electron chi connectivity index (χ1n) is 5.92. The molecule has 3 unspecified atom stereocenters. The third kappa shape index (κ3) is 2.97. The molecular formula is C12H19NS2. The molecule has 0 saturated heterocycles. The first kappa shape index (κ1) is 11.5. The Morgan fingerprint density at radius 3 is 2.93 bits per heavy atom. The van der Waals surface area contributed by atoms with Crippen molar-refractivity contribution in [3.63, 3.8) is 0 Å². The molecule has 0 aliphatic heterocycles. The highest BCUT2D eigenvalue weighted by molar-refractivity contribution is 8.23. The Balaban J connectivity index is 1.69. The van der Waals surface area contributed by atoms with Crippen LogP contribution < -0.4 is 5.32 Å². The molecule has 15 heavy (non-hydrogen) atoms. The fourth-order valence-corrected chi connectivity index (χ4v) is 4.07. The Labute approximate surface area is 102 Å². The van der Waals surface area contributed by atoms with Crippen LogP contribution in [0.25, 0.3) is 0 Å². The molecule has 0 radical (unpaired) electrons. The van der Waals surface area contributed by atoms with Crippen molar-refractivity contribution in [2.75, 3.05) is 6.54 Å². The summed E-state index contributed by atoms with van der Waals surface area (Å²) in [6, 6.07) is 0. The SMILES string of the molecule is CCCCNC(=S)SC1CC2C=CC1C2. The van der Waals surface area contributed by atoms with Crippen LogP contribution in [0.15, 0.2) is 12.2 Å². The quantitative estimate of drug-likeness (QED) is 0.460. The predicted molar refractivity (Wildman–Crippen MR) is 72.2 cm³/mol. The summed E-state index contributed by atoms with van der Waals surface area (Å²) in [5.74, 6) is 1.65. The molecule has 2 rings (SSSR count). The van der Waals surface area contributed by atoms with E-state index < -0.39 is 0 Å². The third-order valence-electron chi connectivity index (χ3n) is 3.28. The van der Waals surface area contributed by atoms with Gasteiger partial charge < -0.3 is 5.32 Å². The van der Waals surface area contributed by atoms with Gasteiger partial charge in [-0.1, -0.05) is 49.5 Å². The van der Waals surface area contributed by atoms with Crippen molar-refractivity contribution < 1.29 is 0 Å². The number of hydrogen-bond acceptors (Lipinski definition) is 2. The van der Waals surface area contributed by atoms with Crippen LogP contribution in [0.5, 0.6) is 0 Å². The monoisotopic (exact) mass is 241 g/mol. The number of allylic oxidation sites excluding steroid dienone is 2. The average Bonchev–Trinajstić information content (AvgIpc) is 2.79. The van der Waals surface area contributed by atoms with Crippen LogP contribution in [0.3, 0.4) is 0 Å². The highest BCUT2D eigenvalue weighted by Gasteiger charge is 2.36. The number of fused-ring (bicyclic) bond motifs is 2. The van der Waals surface area contributed by atoms with Gasteiger partial charge in [-0.15, -0.1) is 0 Å². The second kappa shape index (κ2) is 5.35. The number of thioether (sulfide) groups is 1. The molecule has 2 aliphatic carbocycles. The van der Waals surface area contributed by atoms with Crippen LogP contribution in [0, 0.1) is 11.8 Å². The number of thiocarbonyl (C=S) groups is 1. The van der Waals surface area contributed by atoms with Crippen molar-refractivity contribution in [2.24, 2.45) is 11.8 Å². The molecule has 84 valence electrons. The van der Waals surface area contributed by atoms with E-state index in [9.17, 15) is 0 Å². The maximum Gasteiger partial charge on any atom is 0.134 e. The predicted octanol–water partition coefficient (Wildman–Crippen LogP) is 3.36. The first-order chi connectivity index (χ1) is 7.29. The lowest BCUT2D eigenvalue weighted by Gasteiger charge is -2.18. The molecule has 3 atom stereocenters. The van der Waals surface area contributed by atoms with Crippen LogP contribution in [0.2, 0.25) is 0 Å². The van der Waals surface area contributed by atoms with Crippen molar-refractivity contribution in [1.82, 2.24) is 5.32 Å². The van der Waals surface area contributed by atoms with Gasteiger partial charge in [0.15, 0.2) is 0 Å². The van der Waals surface area contributed by atoms with Gasteiger partial charge >= 0.3 is 0 Å². The van der Waals surface area contributed by atoms with E-state index in [2.05, 4.69) is 24.4 Å². The molecule has 0 aromatic heterocycles. The molecule has 2 aliphatic rings. The van der Waals surface area contributed by atoms with Gasteiger partial charge in [-0.05, 0) is 31.1 Å². The van der Waals surface area contributed by atoms with E-state index in [0.717, 1.165) is 28.0 Å². The lowest BCUT2D eigenvalue weighted by molar-refractivity contribution is 0.692. The smallest absolute Gasteiger partial charge is 0.134 e. The van der Waals surface area contributed by atoms with Crippen molar-refractivity contribution in [1.29, 1.82) is 0 Å². The molecule has 1 N–H and O–H groups in total. The molecule has 0 aromatic rings. The van der Waals surface area contributed by atoms with E-state index in [1.165, 1.54) is 25.7 Å². The van der Waals surface area contributed by atoms with E-state index >= 15 is 0 Å². The molecule has 2 bridgehead atoms. The summed E-state index contributed by atoms with van der Waals surface area (Å²) >= 11 is 7.24. The van der Waals surface area contributed by atoms with Gasteiger partial charge in [-0.25, -0.2) is 0 Å². The molecular weight excluding hydrogens is 222 g/mol. The largest absolute Gasteiger partial charge is 0.371 e. The zero-order chi connectivity index (χ0) is 10.7. The van der Waals surface area contributed by atoms with E-state index in [4.69, 9.17) is 12.2 Å². The van der Waals surface area contributed by atoms with Crippen LogP contribution in [-0.2, 0) is 0 Å². The molecule has 1 saturated carbocycles. The van der Waals surface area contributed by atoms with Gasteiger partial charge in [0.25, 0.3) is 0 Å². The summed E-state index contributed by atoms with van der Waals surface area (Å²) in [5.41, 5.74) is 0. The number of hydrogen-bond donors (Lipinski definition) is 1. The standard InChI is InChI=1S/C12H19NS2/c1-2-3-6-13-12(14)15-11-8-9-4-5-10(11)7-9/h4-5,9-11H,2-3,6-8H2,1H3,(H,13,14). The van der Waals surface area contributed by atoms with Crippen molar-refractivity contribution >= 4 is 28.3 Å². The maximum absolute atomic E-state index is 5.35. The normalized spacial score (nSPS) is 32.2.